The third-order valence-electron chi connectivity index (χ3n) is 5.19. The van der Waals surface area contributed by atoms with Gasteiger partial charge in [-0.15, -0.1) is 0 Å². The second kappa shape index (κ2) is 10.0. The van der Waals surface area contributed by atoms with Gasteiger partial charge in [-0.05, 0) is 48.7 Å². The molecular weight excluding hydrogens is 405 g/mol. The Kier molecular flexibility index (Phi) is 8.46. The average molecular weight is 446 g/mol. The molecule has 0 aliphatic heterocycles. The molecule has 2 aromatic rings. The van der Waals surface area contributed by atoms with Crippen molar-refractivity contribution in [2.24, 2.45) is 0 Å². The van der Waals surface area contributed by atoms with Gasteiger partial charge in [-0.3, -0.25) is 0 Å². The minimum absolute atomic E-state index is 0.457. The highest BCUT2D eigenvalue weighted by Crippen LogP contribution is 2.49. The van der Waals surface area contributed by atoms with E-state index in [1.165, 1.54) is 16.4 Å². The Bertz CT molecular complexity index is 782. The number of rotatable bonds is 9. The monoisotopic (exact) mass is 445 g/mol. The number of hydrogen-bond donors (Lipinski definition) is 0. The van der Waals surface area contributed by atoms with Crippen molar-refractivity contribution in [3.8, 4) is 0 Å². The Labute approximate surface area is 182 Å². The van der Waals surface area contributed by atoms with Crippen molar-refractivity contribution in [3.63, 3.8) is 0 Å². The van der Waals surface area contributed by atoms with Crippen molar-refractivity contribution < 1.29 is 4.74 Å². The van der Waals surface area contributed by atoms with Crippen LogP contribution in [-0.2, 0) is 17.9 Å². The molecule has 1 unspecified atom stereocenters. The van der Waals surface area contributed by atoms with E-state index in [9.17, 15) is 0 Å². The van der Waals surface area contributed by atoms with Crippen LogP contribution in [-0.4, -0.2) is 47.2 Å². The van der Waals surface area contributed by atoms with Crippen molar-refractivity contribution in [3.05, 3.63) is 59.7 Å². The highest BCUT2D eigenvalue weighted by atomic mass is 31.1. The van der Waals surface area contributed by atoms with Gasteiger partial charge < -0.3 is 9.64 Å². The summed E-state index contributed by atoms with van der Waals surface area (Å²) in [6.07, 6.45) is 0. The smallest absolute Gasteiger partial charge is 0.0719 e. The van der Waals surface area contributed by atoms with Crippen LogP contribution in [0.25, 0.3) is 0 Å². The molecule has 29 heavy (non-hydrogen) atoms. The van der Waals surface area contributed by atoms with Crippen LogP contribution >= 0.6 is 7.92 Å². The zero-order chi connectivity index (χ0) is 21.8. The Balaban J connectivity index is 2.81. The molecule has 0 saturated heterocycles. The van der Waals surface area contributed by atoms with E-state index in [0.29, 0.717) is 6.61 Å². The SMILES string of the molecule is COCc1ccccc1P(c1ccccc1CN(C)C)C([Si](C)(C)C)[Si](C)(C)C. The minimum Gasteiger partial charge on any atom is -0.380 e. The summed E-state index contributed by atoms with van der Waals surface area (Å²) in [5.74, 6) is 0. The maximum absolute atomic E-state index is 5.63. The van der Waals surface area contributed by atoms with Crippen molar-refractivity contribution in [1.82, 2.24) is 4.90 Å². The molecule has 2 aromatic carbocycles. The van der Waals surface area contributed by atoms with Gasteiger partial charge in [0.1, 0.15) is 0 Å². The summed E-state index contributed by atoms with van der Waals surface area (Å²) in [6.45, 7) is 17.2. The maximum Gasteiger partial charge on any atom is 0.0719 e. The quantitative estimate of drug-likeness (QED) is 0.376. The largest absolute Gasteiger partial charge is 0.380 e. The molecule has 2 nitrogen and oxygen atoms in total. The zero-order valence-electron chi connectivity index (χ0n) is 19.9. The molecule has 1 atom stereocenters. The van der Waals surface area contributed by atoms with Crippen LogP contribution in [0.1, 0.15) is 11.1 Å². The van der Waals surface area contributed by atoms with E-state index in [1.54, 1.807) is 5.30 Å². The van der Waals surface area contributed by atoms with Crippen molar-refractivity contribution in [1.29, 1.82) is 0 Å². The summed E-state index contributed by atoms with van der Waals surface area (Å²) >= 11 is 0. The Hall–Kier alpha value is -0.776. The Morgan fingerprint density at radius 2 is 1.24 bits per heavy atom. The number of ether oxygens (including phenoxy) is 1. The first-order valence-electron chi connectivity index (χ1n) is 10.6. The van der Waals surface area contributed by atoms with Gasteiger partial charge in [-0.2, -0.15) is 0 Å². The summed E-state index contributed by atoms with van der Waals surface area (Å²) in [5.41, 5.74) is 2.85. The van der Waals surface area contributed by atoms with Gasteiger partial charge in [-0.25, -0.2) is 0 Å². The van der Waals surface area contributed by atoms with Gasteiger partial charge in [0.2, 0.25) is 0 Å². The fourth-order valence-electron chi connectivity index (χ4n) is 4.73. The lowest BCUT2D eigenvalue weighted by molar-refractivity contribution is 0.185. The van der Waals surface area contributed by atoms with Crippen molar-refractivity contribution in [2.75, 3.05) is 21.2 Å². The van der Waals surface area contributed by atoms with E-state index >= 15 is 0 Å². The van der Waals surface area contributed by atoms with Gasteiger partial charge in [0.25, 0.3) is 0 Å². The highest BCUT2D eigenvalue weighted by Gasteiger charge is 2.44. The van der Waals surface area contributed by atoms with Crippen LogP contribution in [0.3, 0.4) is 0 Å². The molecule has 0 heterocycles. The van der Waals surface area contributed by atoms with Crippen molar-refractivity contribution >= 4 is 34.7 Å². The molecule has 0 aliphatic carbocycles. The molecular formula is C24H40NOPSi2. The van der Waals surface area contributed by atoms with Gasteiger partial charge in [0, 0.05) is 29.8 Å². The molecule has 0 radical (unpaired) electrons. The maximum atomic E-state index is 5.63. The first-order chi connectivity index (χ1) is 13.5. The van der Waals surface area contributed by atoms with Crippen LogP contribution < -0.4 is 10.6 Å². The van der Waals surface area contributed by atoms with E-state index in [0.717, 1.165) is 11.5 Å². The molecule has 0 spiro atoms. The van der Waals surface area contributed by atoms with Crippen LogP contribution in [0.2, 0.25) is 39.3 Å². The standard InChI is InChI=1S/C24H40NOPSi2/c1-25(2)18-20-14-10-12-16-22(20)27(24(28(4,5)6)29(7,8)9)23-17-13-11-15-21(23)19-26-3/h10-17,24H,18-19H2,1-9H3. The summed E-state index contributed by atoms with van der Waals surface area (Å²) in [7, 11) is 2.85. The summed E-state index contributed by atoms with van der Waals surface area (Å²) < 4.78 is 5.63. The Morgan fingerprint density at radius 3 is 1.69 bits per heavy atom. The molecule has 0 saturated carbocycles. The molecule has 160 valence electrons. The predicted octanol–water partition coefficient (Wildman–Crippen LogP) is 5.45. The average Bonchev–Trinajstić information content (AvgIpc) is 2.58. The first-order valence-corrected chi connectivity index (χ1v) is 19.1. The predicted molar refractivity (Wildman–Crippen MR) is 138 cm³/mol. The lowest BCUT2D eigenvalue weighted by Gasteiger charge is -2.45. The zero-order valence-corrected chi connectivity index (χ0v) is 22.8. The first kappa shape index (κ1) is 24.5. The lowest BCUT2D eigenvalue weighted by atomic mass is 10.2. The van der Waals surface area contributed by atoms with E-state index in [4.69, 9.17) is 4.74 Å². The second-order valence-electron chi connectivity index (χ2n) is 10.4. The highest BCUT2D eigenvalue weighted by molar-refractivity contribution is 7.78. The van der Waals surface area contributed by atoms with Gasteiger partial charge in [0.15, 0.2) is 0 Å². The molecule has 0 fully saturated rings. The number of hydrogen-bond acceptors (Lipinski definition) is 2. The van der Waals surface area contributed by atoms with E-state index < -0.39 is 24.1 Å². The lowest BCUT2D eigenvalue weighted by Crippen LogP contribution is -2.55. The summed E-state index contributed by atoms with van der Waals surface area (Å²) in [5, 5.41) is 3.11. The molecule has 0 aliphatic rings. The topological polar surface area (TPSA) is 12.5 Å². The van der Waals surface area contributed by atoms with E-state index in [1.807, 2.05) is 7.11 Å². The third-order valence-corrected chi connectivity index (χ3v) is 22.3. The summed E-state index contributed by atoms with van der Waals surface area (Å²) in [4.78, 5) is 3.09. The molecule has 0 bridgehead atoms. The van der Waals surface area contributed by atoms with Crippen LogP contribution in [0.15, 0.2) is 48.5 Å². The molecule has 5 heteroatoms. The van der Waals surface area contributed by atoms with Crippen LogP contribution in [0.5, 0.6) is 0 Å². The summed E-state index contributed by atoms with van der Waals surface area (Å²) in [6, 6.07) is 18.3. The molecule has 0 amide bonds. The number of nitrogens with zero attached hydrogens (tertiary/aromatic N) is 1. The molecule has 0 aromatic heterocycles. The fraction of sp³-hybridized carbons (Fsp3) is 0.500. The van der Waals surface area contributed by atoms with E-state index in [-0.39, 0.29) is 0 Å². The van der Waals surface area contributed by atoms with Crippen LogP contribution in [0, 0.1) is 0 Å². The minimum atomic E-state index is -1.42. The second-order valence-corrected chi connectivity index (χ2v) is 24.8. The number of benzene rings is 2. The van der Waals surface area contributed by atoms with Crippen molar-refractivity contribution in [2.45, 2.75) is 57.3 Å². The van der Waals surface area contributed by atoms with Gasteiger partial charge in [-0.1, -0.05) is 87.8 Å². The van der Waals surface area contributed by atoms with Gasteiger partial charge in [0.05, 0.1) is 6.61 Å². The third kappa shape index (κ3) is 6.35. The van der Waals surface area contributed by atoms with Gasteiger partial charge >= 0.3 is 0 Å². The normalized spacial score (nSPS) is 13.9. The molecule has 0 N–H and O–H groups in total. The number of methoxy groups -OCH3 is 1. The van der Waals surface area contributed by atoms with E-state index in [2.05, 4.69) is 107 Å². The fourth-order valence-corrected chi connectivity index (χ4v) is 25.2. The Morgan fingerprint density at radius 1 is 0.793 bits per heavy atom. The van der Waals surface area contributed by atoms with Crippen LogP contribution in [0.4, 0.5) is 0 Å². The molecule has 2 rings (SSSR count).